The first kappa shape index (κ1) is 11.3. The van der Waals surface area contributed by atoms with Crippen molar-refractivity contribution in [3.05, 3.63) is 33.8 Å². The third-order valence-electron chi connectivity index (χ3n) is 3.13. The third kappa shape index (κ3) is 2.47. The van der Waals surface area contributed by atoms with Crippen LogP contribution in [0.5, 0.6) is 0 Å². The van der Waals surface area contributed by atoms with Crippen molar-refractivity contribution in [2.75, 3.05) is 0 Å². The van der Waals surface area contributed by atoms with Crippen molar-refractivity contribution in [3.63, 3.8) is 0 Å². The zero-order valence-electron chi connectivity index (χ0n) is 8.76. The fourth-order valence-electron chi connectivity index (χ4n) is 1.97. The summed E-state index contributed by atoms with van der Waals surface area (Å²) in [5.74, 6) is 0.629. The SMILES string of the molecule is CC(N)(Cc1c(Cl)cccc1Cl)C1CC1. The predicted octanol–water partition coefficient (Wildman–Crippen LogP) is 3.66. The molecule has 0 saturated heterocycles. The van der Waals surface area contributed by atoms with E-state index in [-0.39, 0.29) is 5.54 Å². The highest BCUT2D eigenvalue weighted by Crippen LogP contribution is 2.41. The number of hydrogen-bond acceptors (Lipinski definition) is 1. The maximum atomic E-state index is 6.27. The third-order valence-corrected chi connectivity index (χ3v) is 3.84. The maximum absolute atomic E-state index is 6.27. The van der Waals surface area contributed by atoms with Crippen LogP contribution in [0.1, 0.15) is 25.3 Å². The summed E-state index contributed by atoms with van der Waals surface area (Å²) in [6.45, 7) is 2.09. The number of rotatable bonds is 3. The van der Waals surface area contributed by atoms with Gasteiger partial charge in [-0.25, -0.2) is 0 Å². The van der Waals surface area contributed by atoms with Gasteiger partial charge in [0.05, 0.1) is 0 Å². The molecule has 1 unspecified atom stereocenters. The van der Waals surface area contributed by atoms with Crippen molar-refractivity contribution in [3.8, 4) is 0 Å². The second kappa shape index (κ2) is 3.97. The van der Waals surface area contributed by atoms with Gasteiger partial charge in [0.15, 0.2) is 0 Å². The van der Waals surface area contributed by atoms with Gasteiger partial charge in [-0.05, 0) is 49.8 Å². The molecule has 0 spiro atoms. The van der Waals surface area contributed by atoms with Gasteiger partial charge in [-0.1, -0.05) is 29.3 Å². The molecule has 2 N–H and O–H groups in total. The molecule has 1 aliphatic carbocycles. The lowest BCUT2D eigenvalue weighted by atomic mass is 9.89. The molecular formula is C12H15Cl2N. The van der Waals surface area contributed by atoms with E-state index in [1.165, 1.54) is 12.8 Å². The first-order chi connectivity index (χ1) is 7.00. The van der Waals surface area contributed by atoms with Crippen molar-refractivity contribution in [1.82, 2.24) is 0 Å². The van der Waals surface area contributed by atoms with Crippen molar-refractivity contribution < 1.29 is 0 Å². The van der Waals surface area contributed by atoms with Crippen molar-refractivity contribution in [2.45, 2.75) is 31.7 Å². The van der Waals surface area contributed by atoms with Gasteiger partial charge in [0.2, 0.25) is 0 Å². The molecule has 1 atom stereocenters. The van der Waals surface area contributed by atoms with Crippen molar-refractivity contribution >= 4 is 23.2 Å². The van der Waals surface area contributed by atoms with E-state index in [0.29, 0.717) is 5.92 Å². The lowest BCUT2D eigenvalue weighted by Gasteiger charge is -2.25. The molecule has 82 valence electrons. The molecule has 1 aliphatic rings. The maximum Gasteiger partial charge on any atom is 0.0453 e. The van der Waals surface area contributed by atoms with Crippen LogP contribution in [0, 0.1) is 5.92 Å². The van der Waals surface area contributed by atoms with Gasteiger partial charge in [0, 0.05) is 15.6 Å². The van der Waals surface area contributed by atoms with E-state index in [2.05, 4.69) is 6.92 Å². The Labute approximate surface area is 101 Å². The predicted molar refractivity (Wildman–Crippen MR) is 65.5 cm³/mol. The summed E-state index contributed by atoms with van der Waals surface area (Å²) >= 11 is 12.2. The van der Waals surface area contributed by atoms with Gasteiger partial charge in [0.1, 0.15) is 0 Å². The van der Waals surface area contributed by atoms with E-state index >= 15 is 0 Å². The van der Waals surface area contributed by atoms with Gasteiger partial charge in [-0.3, -0.25) is 0 Å². The molecule has 0 amide bonds. The summed E-state index contributed by atoms with van der Waals surface area (Å²) in [4.78, 5) is 0. The first-order valence-electron chi connectivity index (χ1n) is 5.22. The Hall–Kier alpha value is -0.240. The second-order valence-corrected chi connectivity index (χ2v) is 5.47. The minimum absolute atomic E-state index is 0.172. The lowest BCUT2D eigenvalue weighted by Crippen LogP contribution is -2.41. The van der Waals surface area contributed by atoms with Crippen molar-refractivity contribution in [2.24, 2.45) is 11.7 Å². The number of hydrogen-bond donors (Lipinski definition) is 1. The van der Waals surface area contributed by atoms with E-state index in [1.807, 2.05) is 18.2 Å². The molecular weight excluding hydrogens is 229 g/mol. The number of halogens is 2. The van der Waals surface area contributed by atoms with Gasteiger partial charge in [-0.15, -0.1) is 0 Å². The molecule has 1 saturated carbocycles. The Morgan fingerprint density at radius 2 is 1.87 bits per heavy atom. The average Bonchev–Trinajstić information content (AvgIpc) is 2.94. The monoisotopic (exact) mass is 243 g/mol. The topological polar surface area (TPSA) is 26.0 Å². The summed E-state index contributed by atoms with van der Waals surface area (Å²) in [6.07, 6.45) is 3.22. The lowest BCUT2D eigenvalue weighted by molar-refractivity contribution is 0.406. The molecule has 0 aliphatic heterocycles. The normalized spacial score (nSPS) is 20.0. The summed E-state index contributed by atoms with van der Waals surface area (Å²) in [5.41, 5.74) is 7.09. The molecule has 1 aromatic carbocycles. The summed E-state index contributed by atoms with van der Waals surface area (Å²) in [5, 5.41) is 1.44. The Morgan fingerprint density at radius 1 is 1.33 bits per heavy atom. The van der Waals surface area contributed by atoms with E-state index in [4.69, 9.17) is 28.9 Å². The Balaban J connectivity index is 2.23. The van der Waals surface area contributed by atoms with Crippen LogP contribution >= 0.6 is 23.2 Å². The molecule has 3 heteroatoms. The Morgan fingerprint density at radius 3 is 2.33 bits per heavy atom. The minimum Gasteiger partial charge on any atom is -0.325 e. The van der Waals surface area contributed by atoms with Crippen LogP contribution in [-0.2, 0) is 6.42 Å². The van der Waals surface area contributed by atoms with Gasteiger partial charge in [0.25, 0.3) is 0 Å². The quantitative estimate of drug-likeness (QED) is 0.862. The molecule has 1 aromatic rings. The zero-order valence-corrected chi connectivity index (χ0v) is 10.3. The van der Waals surface area contributed by atoms with E-state index in [1.54, 1.807) is 0 Å². The van der Waals surface area contributed by atoms with Gasteiger partial charge >= 0.3 is 0 Å². The van der Waals surface area contributed by atoms with E-state index in [9.17, 15) is 0 Å². The molecule has 2 rings (SSSR count). The average molecular weight is 244 g/mol. The Bertz CT molecular complexity index is 350. The second-order valence-electron chi connectivity index (χ2n) is 4.66. The van der Waals surface area contributed by atoms with Crippen molar-refractivity contribution in [1.29, 1.82) is 0 Å². The fourth-order valence-corrected chi connectivity index (χ4v) is 2.50. The summed E-state index contributed by atoms with van der Waals surface area (Å²) < 4.78 is 0. The van der Waals surface area contributed by atoms with Gasteiger partial charge < -0.3 is 5.73 Å². The molecule has 0 bridgehead atoms. The number of nitrogens with two attached hydrogens (primary N) is 1. The van der Waals surface area contributed by atoms with Crippen LogP contribution in [0.3, 0.4) is 0 Å². The number of benzene rings is 1. The molecule has 0 heterocycles. The van der Waals surface area contributed by atoms with Gasteiger partial charge in [-0.2, -0.15) is 0 Å². The zero-order chi connectivity index (χ0) is 11.1. The van der Waals surface area contributed by atoms with Crippen LogP contribution < -0.4 is 5.73 Å². The highest BCUT2D eigenvalue weighted by molar-refractivity contribution is 6.36. The molecule has 0 radical (unpaired) electrons. The molecule has 0 aromatic heterocycles. The molecule has 1 nitrogen and oxygen atoms in total. The van der Waals surface area contributed by atoms with E-state index < -0.39 is 0 Å². The summed E-state index contributed by atoms with van der Waals surface area (Å²) in [7, 11) is 0. The first-order valence-corrected chi connectivity index (χ1v) is 5.98. The van der Waals surface area contributed by atoms with E-state index in [0.717, 1.165) is 22.0 Å². The highest BCUT2D eigenvalue weighted by atomic mass is 35.5. The van der Waals surface area contributed by atoms with Crippen LogP contribution in [0.25, 0.3) is 0 Å². The van der Waals surface area contributed by atoms with Crippen LogP contribution in [0.4, 0.5) is 0 Å². The molecule has 1 fully saturated rings. The standard InChI is InChI=1S/C12H15Cl2N/c1-12(15,8-5-6-8)7-9-10(13)3-2-4-11(9)14/h2-4,8H,5-7,15H2,1H3. The summed E-state index contributed by atoms with van der Waals surface area (Å²) in [6, 6.07) is 5.59. The fraction of sp³-hybridized carbons (Fsp3) is 0.500. The molecule has 15 heavy (non-hydrogen) atoms. The van der Waals surface area contributed by atoms with Crippen LogP contribution in [0.2, 0.25) is 10.0 Å². The minimum atomic E-state index is -0.172. The largest absolute Gasteiger partial charge is 0.325 e. The highest BCUT2D eigenvalue weighted by Gasteiger charge is 2.38. The van der Waals surface area contributed by atoms with Crippen LogP contribution in [-0.4, -0.2) is 5.54 Å². The van der Waals surface area contributed by atoms with Crippen LogP contribution in [0.15, 0.2) is 18.2 Å². The smallest absolute Gasteiger partial charge is 0.0453 e. The Kier molecular flexibility index (Phi) is 2.98.